The number of benzene rings is 5. The third-order valence-corrected chi connectivity index (χ3v) is 13.8. The largest absolute Gasteiger partial charge is 0.462 e. The monoisotopic (exact) mass is 1480 g/mol. The zero-order chi connectivity index (χ0) is 79.8. The third-order valence-electron chi connectivity index (χ3n) is 13.8. The van der Waals surface area contributed by atoms with Crippen molar-refractivity contribution in [1.29, 1.82) is 0 Å². The summed E-state index contributed by atoms with van der Waals surface area (Å²) in [6.45, 7) is 16.1. The Bertz CT molecular complexity index is 3750. The fraction of sp³-hybridized carbons (Fsp3) is 0.408. The lowest BCUT2D eigenvalue weighted by atomic mass is 10.2. The second-order valence-corrected chi connectivity index (χ2v) is 22.7. The summed E-state index contributed by atoms with van der Waals surface area (Å²) in [5.41, 5.74) is 0.790. The van der Waals surface area contributed by atoms with Crippen molar-refractivity contribution in [1.82, 2.24) is 24.5 Å². The van der Waals surface area contributed by atoms with Crippen LogP contribution in [0.3, 0.4) is 0 Å². The molecule has 0 aliphatic carbocycles. The highest BCUT2D eigenvalue weighted by atomic mass is 16.6. The molecule has 106 heavy (non-hydrogen) atoms. The number of likely N-dealkylation sites (N-methyl/N-ethyl adjacent to an activating group) is 2. The van der Waals surface area contributed by atoms with Crippen LogP contribution in [0.2, 0.25) is 0 Å². The first-order chi connectivity index (χ1) is 50.2. The number of para-hydroxylation sites is 5. The number of nitrogens with zero attached hydrogens (tertiary/aromatic N) is 5. The number of unbranched alkanes of at least 4 members (excludes halogenated alkanes) is 2. The van der Waals surface area contributed by atoms with E-state index in [0.29, 0.717) is 64.7 Å². The molecular formula is C76H97N5O25. The Morgan fingerprint density at radius 2 is 0.491 bits per heavy atom. The van der Waals surface area contributed by atoms with Gasteiger partial charge in [-0.1, -0.05) is 60.7 Å². The van der Waals surface area contributed by atoms with E-state index in [1.54, 1.807) is 125 Å². The summed E-state index contributed by atoms with van der Waals surface area (Å²) < 4.78 is 49.8. The van der Waals surface area contributed by atoms with Crippen molar-refractivity contribution >= 4 is 89.2 Å². The molecule has 0 unspecified atom stereocenters. The maximum Gasteiger partial charge on any atom is 0.342 e. The molecule has 30 nitrogen and oxygen atoms in total. The van der Waals surface area contributed by atoms with E-state index in [2.05, 4.69) is 0 Å². The lowest BCUT2D eigenvalue weighted by Crippen LogP contribution is -2.34. The Balaban J connectivity index is 0.000000664. The van der Waals surface area contributed by atoms with Gasteiger partial charge in [0, 0.05) is 116 Å². The molecule has 0 spiro atoms. The molecule has 0 fully saturated rings. The molecule has 5 aromatic rings. The normalized spacial score (nSPS) is 9.88. The first-order valence-corrected chi connectivity index (χ1v) is 33.6. The zero-order valence-corrected chi connectivity index (χ0v) is 62.8. The number of rotatable bonds is 31. The maximum absolute atomic E-state index is 12.1. The molecule has 0 heterocycles. The number of carbonyl (C=O) groups is 15. The lowest BCUT2D eigenvalue weighted by molar-refractivity contribution is -0.134. The van der Waals surface area contributed by atoms with E-state index in [1.165, 1.54) is 97.8 Å². The number of carbonyl (C=O) groups excluding carboxylic acids is 15. The molecule has 5 aromatic carbocycles. The van der Waals surface area contributed by atoms with Crippen LogP contribution in [0.25, 0.3) is 0 Å². The van der Waals surface area contributed by atoms with Gasteiger partial charge >= 0.3 is 59.7 Å². The van der Waals surface area contributed by atoms with Gasteiger partial charge < -0.3 is 71.9 Å². The van der Waals surface area contributed by atoms with E-state index in [1.807, 2.05) is 27.7 Å². The van der Waals surface area contributed by atoms with Crippen molar-refractivity contribution in [2.75, 3.05) is 101 Å². The molecule has 0 aliphatic heterocycles. The summed E-state index contributed by atoms with van der Waals surface area (Å²) in [6, 6.07) is 31.5. The van der Waals surface area contributed by atoms with Gasteiger partial charge in [-0.25, -0.2) is 24.0 Å². The Labute approximate surface area is 617 Å². The second kappa shape index (κ2) is 51.3. The van der Waals surface area contributed by atoms with Gasteiger partial charge in [0.2, 0.25) is 17.7 Å². The highest BCUT2D eigenvalue weighted by molar-refractivity contribution is 5.97. The van der Waals surface area contributed by atoms with Crippen LogP contribution in [-0.2, 0) is 71.6 Å². The molecule has 5 amide bonds. The molecule has 0 aromatic heterocycles. The molecular weight excluding hydrogens is 1380 g/mol. The molecule has 30 heteroatoms. The minimum atomic E-state index is -0.716. The minimum absolute atomic E-state index is 0.0236. The van der Waals surface area contributed by atoms with E-state index in [-0.39, 0.29) is 126 Å². The number of hydrogen-bond donors (Lipinski definition) is 0. The van der Waals surface area contributed by atoms with E-state index in [9.17, 15) is 71.9 Å². The number of ether oxygens (including phenoxy) is 10. The van der Waals surface area contributed by atoms with E-state index >= 15 is 0 Å². The van der Waals surface area contributed by atoms with Crippen molar-refractivity contribution in [2.45, 2.75) is 107 Å². The molecule has 0 N–H and O–H groups in total. The molecule has 0 saturated heterocycles. The fourth-order valence-electron chi connectivity index (χ4n) is 8.33. The van der Waals surface area contributed by atoms with Crippen LogP contribution < -0.4 is 23.7 Å². The van der Waals surface area contributed by atoms with Crippen molar-refractivity contribution in [3.63, 3.8) is 0 Å². The van der Waals surface area contributed by atoms with Gasteiger partial charge in [0.05, 0.1) is 19.6 Å². The van der Waals surface area contributed by atoms with Gasteiger partial charge in [-0.05, 0) is 114 Å². The minimum Gasteiger partial charge on any atom is -0.462 e. The SMILES string of the molecule is CC(=O)Oc1ccccc1C(=O)OCC(=O)N(C)C.CC(=O)Oc1ccccc1C(=O)OCCC(=O)N(C)C.CC(=O)Oc1ccccc1C(=O)OCCCCC(=O)N(C)C.CCN(CC)C(=O)CCCCOC(=O)c1ccccc1OC(C)=O.CCN(CC)C(=O)COC(=O)c1ccccc1OC(C)=O. The number of hydrogen-bond acceptors (Lipinski definition) is 25. The van der Waals surface area contributed by atoms with E-state index in [0.717, 1.165) is 0 Å². The zero-order valence-electron chi connectivity index (χ0n) is 62.8. The Hall–Kier alpha value is -11.9. The Morgan fingerprint density at radius 3 is 0.755 bits per heavy atom. The predicted molar refractivity (Wildman–Crippen MR) is 384 cm³/mol. The topological polar surface area (TPSA) is 365 Å². The van der Waals surface area contributed by atoms with Crippen molar-refractivity contribution < 1.29 is 119 Å². The summed E-state index contributed by atoms with van der Waals surface area (Å²) in [4.78, 5) is 180. The molecule has 0 bridgehead atoms. The van der Waals surface area contributed by atoms with Gasteiger partial charge in [-0.15, -0.1) is 0 Å². The Morgan fingerprint density at radius 1 is 0.264 bits per heavy atom. The highest BCUT2D eigenvalue weighted by Crippen LogP contribution is 2.24. The van der Waals surface area contributed by atoms with E-state index in [4.69, 9.17) is 47.4 Å². The van der Waals surface area contributed by atoms with Gasteiger partial charge in [0.15, 0.2) is 13.2 Å². The van der Waals surface area contributed by atoms with Crippen LogP contribution in [0.5, 0.6) is 28.7 Å². The molecule has 576 valence electrons. The first-order valence-electron chi connectivity index (χ1n) is 33.6. The lowest BCUT2D eigenvalue weighted by Gasteiger charge is -2.18. The average Bonchev–Trinajstić information content (AvgIpc) is 0.886. The molecule has 0 radical (unpaired) electrons. The number of amides is 5. The summed E-state index contributed by atoms with van der Waals surface area (Å²) in [6.07, 6.45) is 3.49. The summed E-state index contributed by atoms with van der Waals surface area (Å²) in [7, 11) is 9.77. The van der Waals surface area contributed by atoms with Crippen LogP contribution in [0.15, 0.2) is 121 Å². The molecule has 0 aliphatic rings. The average molecular weight is 1480 g/mol. The molecule has 5 rings (SSSR count). The first kappa shape index (κ1) is 92.2. The second-order valence-electron chi connectivity index (χ2n) is 22.7. The van der Waals surface area contributed by atoms with Crippen LogP contribution in [-0.4, -0.2) is 215 Å². The standard InChI is InChI=1S/C18H25NO5.C16H21NO5.C15H19NO5.C14H17NO5.C13H15NO5/c1-4-19(5-2)17(21)12-8-9-13-23-18(22)15-10-6-7-11-16(15)24-14(3)20;1-12(18)22-14-9-5-4-8-13(14)16(20)21-11-7-6-10-15(19)17(2)3;1-4-16(5-2)14(18)10-20-15(19)12-8-6-7-9-13(12)21-11(3)17;1-10(16)20-12-7-5-4-6-11(12)14(18)19-9-8-13(17)15(2)3;1-9(15)19-11-7-5-4-6-10(11)13(17)18-8-12(16)14(2)3/h6-7,10-11H,4-5,8-9,12-13H2,1-3H3;4-5,8-9H,6-7,10-11H2,1-3H3;6-9H,4-5,10H2,1-3H3;4-7H,8-9H2,1-3H3;4-7H,8H2,1-3H3. The quantitative estimate of drug-likeness (QED) is 0.0173. The van der Waals surface area contributed by atoms with Gasteiger partial charge in [-0.2, -0.15) is 0 Å². The van der Waals surface area contributed by atoms with Crippen LogP contribution >= 0.6 is 0 Å². The van der Waals surface area contributed by atoms with Crippen LogP contribution in [0.1, 0.15) is 159 Å². The predicted octanol–water partition coefficient (Wildman–Crippen LogP) is 8.58. The highest BCUT2D eigenvalue weighted by Gasteiger charge is 2.22. The summed E-state index contributed by atoms with van der Waals surface area (Å²) >= 11 is 0. The molecule has 0 saturated carbocycles. The third kappa shape index (κ3) is 37.4. The summed E-state index contributed by atoms with van der Waals surface area (Å²) in [5.74, 6) is -5.55. The van der Waals surface area contributed by atoms with E-state index < -0.39 is 59.7 Å². The fourth-order valence-corrected chi connectivity index (χ4v) is 8.33. The smallest absolute Gasteiger partial charge is 0.342 e. The van der Waals surface area contributed by atoms with Crippen LogP contribution in [0, 0.1) is 0 Å². The summed E-state index contributed by atoms with van der Waals surface area (Å²) in [5, 5.41) is 0. The van der Waals surface area contributed by atoms with Gasteiger partial charge in [-0.3, -0.25) is 47.9 Å². The van der Waals surface area contributed by atoms with Crippen molar-refractivity contribution in [2.24, 2.45) is 0 Å². The van der Waals surface area contributed by atoms with Crippen molar-refractivity contribution in [3.05, 3.63) is 149 Å². The van der Waals surface area contributed by atoms with Gasteiger partial charge in [0.1, 0.15) is 63.2 Å². The molecule has 0 atom stereocenters. The van der Waals surface area contributed by atoms with Gasteiger partial charge in [0.25, 0.3) is 11.8 Å². The number of esters is 10. The van der Waals surface area contributed by atoms with Crippen LogP contribution in [0.4, 0.5) is 0 Å². The maximum atomic E-state index is 12.1. The Kier molecular flexibility index (Phi) is 44.6. The van der Waals surface area contributed by atoms with Crippen molar-refractivity contribution in [3.8, 4) is 28.7 Å².